The molecule has 0 amide bonds. The summed E-state index contributed by atoms with van der Waals surface area (Å²) in [4.78, 5) is 10.9. The second-order valence-corrected chi connectivity index (χ2v) is 6.54. The van der Waals surface area contributed by atoms with Crippen LogP contribution in [0, 0.1) is 18.8 Å². The Kier molecular flexibility index (Phi) is 3.22. The van der Waals surface area contributed by atoms with Crippen LogP contribution in [0.25, 0.3) is 0 Å². The fraction of sp³-hybridized carbons (Fsp3) is 0.562. The van der Waals surface area contributed by atoms with Crippen LogP contribution in [0.3, 0.4) is 0 Å². The van der Waals surface area contributed by atoms with Crippen LogP contribution in [0.15, 0.2) is 18.2 Å². The first kappa shape index (κ1) is 13.1. The minimum atomic E-state index is -0.635. The predicted molar refractivity (Wildman–Crippen MR) is 72.8 cm³/mol. The number of carboxylic acids is 1. The van der Waals surface area contributed by atoms with Gasteiger partial charge in [0, 0.05) is 0 Å². The highest BCUT2D eigenvalue weighted by Gasteiger charge is 2.42. The number of aliphatic carboxylic acids is 1. The minimum absolute atomic E-state index is 0.109. The van der Waals surface area contributed by atoms with Gasteiger partial charge in [-0.3, -0.25) is 4.79 Å². The molecule has 0 spiro atoms. The molecule has 1 fully saturated rings. The number of hydrogen-bond donors (Lipinski definition) is 1. The van der Waals surface area contributed by atoms with Crippen LogP contribution in [-0.4, -0.2) is 11.1 Å². The van der Waals surface area contributed by atoms with E-state index in [1.165, 1.54) is 16.7 Å². The Morgan fingerprint density at radius 3 is 2.56 bits per heavy atom. The van der Waals surface area contributed by atoms with Crippen LogP contribution >= 0.6 is 0 Å². The Bertz CT molecular complexity index is 468. The molecule has 0 saturated heterocycles. The molecule has 18 heavy (non-hydrogen) atoms. The number of carbonyl (C=O) groups is 1. The quantitative estimate of drug-likeness (QED) is 0.885. The van der Waals surface area contributed by atoms with E-state index in [9.17, 15) is 4.79 Å². The van der Waals surface area contributed by atoms with Crippen LogP contribution in [0.5, 0.6) is 0 Å². The summed E-state index contributed by atoms with van der Waals surface area (Å²) in [7, 11) is 0. The first-order valence-corrected chi connectivity index (χ1v) is 6.62. The van der Waals surface area contributed by atoms with Gasteiger partial charge in [0.05, 0.1) is 5.92 Å². The number of benzene rings is 1. The minimum Gasteiger partial charge on any atom is -0.481 e. The maximum atomic E-state index is 10.9. The molecule has 1 aliphatic rings. The van der Waals surface area contributed by atoms with Gasteiger partial charge in [-0.2, -0.15) is 0 Å². The van der Waals surface area contributed by atoms with E-state index < -0.39 is 5.97 Å². The van der Waals surface area contributed by atoms with Gasteiger partial charge in [-0.1, -0.05) is 39.0 Å². The average Bonchev–Trinajstić information content (AvgIpc) is 2.99. The molecule has 1 N–H and O–H groups in total. The molecular formula is C16H22O2. The monoisotopic (exact) mass is 246 g/mol. The third-order valence-corrected chi connectivity index (χ3v) is 3.94. The van der Waals surface area contributed by atoms with Crippen LogP contribution in [-0.2, 0) is 16.6 Å². The van der Waals surface area contributed by atoms with Crippen molar-refractivity contribution < 1.29 is 9.90 Å². The summed E-state index contributed by atoms with van der Waals surface area (Å²) in [6.45, 7) is 8.73. The molecule has 1 aromatic carbocycles. The van der Waals surface area contributed by atoms with E-state index in [1.807, 2.05) is 0 Å². The highest BCUT2D eigenvalue weighted by Crippen LogP contribution is 2.42. The normalized spacial score (nSPS) is 22.9. The molecule has 2 heteroatoms. The largest absolute Gasteiger partial charge is 0.481 e. The van der Waals surface area contributed by atoms with Gasteiger partial charge in [0.1, 0.15) is 0 Å². The van der Waals surface area contributed by atoms with E-state index in [1.54, 1.807) is 0 Å². The maximum Gasteiger partial charge on any atom is 0.306 e. The third kappa shape index (κ3) is 2.74. The van der Waals surface area contributed by atoms with Crippen molar-refractivity contribution in [1.82, 2.24) is 0 Å². The van der Waals surface area contributed by atoms with Crippen LogP contribution in [0.1, 0.15) is 43.9 Å². The van der Waals surface area contributed by atoms with E-state index >= 15 is 0 Å². The maximum absolute atomic E-state index is 10.9. The lowest BCUT2D eigenvalue weighted by atomic mass is 9.84. The standard InChI is InChI=1S/C16H22O2/c1-10-5-6-13(16(2,3)4)8-11(10)7-12-9-14(12)15(17)18/h5-6,8,12,14H,7,9H2,1-4H3,(H,17,18). The fourth-order valence-corrected chi connectivity index (χ4v) is 2.42. The van der Waals surface area contributed by atoms with Crippen LogP contribution < -0.4 is 0 Å². The Morgan fingerprint density at radius 1 is 1.39 bits per heavy atom. The smallest absolute Gasteiger partial charge is 0.306 e. The van der Waals surface area contributed by atoms with E-state index in [4.69, 9.17) is 5.11 Å². The average molecular weight is 246 g/mol. The molecule has 1 saturated carbocycles. The molecule has 0 radical (unpaired) electrons. The molecule has 1 aromatic rings. The van der Waals surface area contributed by atoms with Gasteiger partial charge < -0.3 is 5.11 Å². The van der Waals surface area contributed by atoms with Crippen molar-refractivity contribution in [1.29, 1.82) is 0 Å². The van der Waals surface area contributed by atoms with Gasteiger partial charge in [0.2, 0.25) is 0 Å². The zero-order valence-corrected chi connectivity index (χ0v) is 11.7. The van der Waals surface area contributed by atoms with Gasteiger partial charge in [-0.15, -0.1) is 0 Å². The Hall–Kier alpha value is -1.31. The van der Waals surface area contributed by atoms with Gasteiger partial charge in [0.25, 0.3) is 0 Å². The summed E-state index contributed by atoms with van der Waals surface area (Å²) in [6.07, 6.45) is 1.75. The van der Waals surface area contributed by atoms with Gasteiger partial charge >= 0.3 is 5.97 Å². The lowest BCUT2D eigenvalue weighted by molar-refractivity contribution is -0.138. The zero-order valence-electron chi connectivity index (χ0n) is 11.7. The number of hydrogen-bond acceptors (Lipinski definition) is 1. The van der Waals surface area contributed by atoms with Gasteiger partial charge in [-0.25, -0.2) is 0 Å². The second-order valence-electron chi connectivity index (χ2n) is 6.54. The number of carboxylic acid groups (broad SMARTS) is 1. The molecule has 1 aliphatic carbocycles. The van der Waals surface area contributed by atoms with Crippen molar-refractivity contribution in [3.63, 3.8) is 0 Å². The molecule has 0 bridgehead atoms. The molecule has 0 aromatic heterocycles. The fourth-order valence-electron chi connectivity index (χ4n) is 2.42. The Morgan fingerprint density at radius 2 is 2.06 bits per heavy atom. The molecule has 2 nitrogen and oxygen atoms in total. The highest BCUT2D eigenvalue weighted by atomic mass is 16.4. The van der Waals surface area contributed by atoms with Gasteiger partial charge in [0.15, 0.2) is 0 Å². The SMILES string of the molecule is Cc1ccc(C(C)(C)C)cc1CC1CC1C(=O)O. The molecule has 98 valence electrons. The van der Waals surface area contributed by atoms with E-state index in [0.717, 1.165) is 12.8 Å². The lowest BCUT2D eigenvalue weighted by Gasteiger charge is -2.21. The summed E-state index contributed by atoms with van der Waals surface area (Å²) in [5.74, 6) is -0.399. The molecule has 2 rings (SSSR count). The predicted octanol–water partition coefficient (Wildman–Crippen LogP) is 3.56. The van der Waals surface area contributed by atoms with Crippen LogP contribution in [0.4, 0.5) is 0 Å². The molecule has 2 atom stereocenters. The molecule has 2 unspecified atom stereocenters. The van der Waals surface area contributed by atoms with E-state index in [2.05, 4.69) is 45.9 Å². The first-order valence-electron chi connectivity index (χ1n) is 6.62. The summed E-state index contributed by atoms with van der Waals surface area (Å²) < 4.78 is 0. The van der Waals surface area contributed by atoms with Crippen LogP contribution in [0.2, 0.25) is 0 Å². The van der Waals surface area contributed by atoms with Crippen molar-refractivity contribution in [3.05, 3.63) is 34.9 Å². The van der Waals surface area contributed by atoms with E-state index in [0.29, 0.717) is 5.92 Å². The summed E-state index contributed by atoms with van der Waals surface area (Å²) in [5.41, 5.74) is 4.07. The highest BCUT2D eigenvalue weighted by molar-refractivity contribution is 5.73. The molecule has 0 heterocycles. The van der Waals surface area contributed by atoms with Crippen molar-refractivity contribution in [2.45, 2.75) is 46.0 Å². The van der Waals surface area contributed by atoms with Crippen molar-refractivity contribution in [2.24, 2.45) is 11.8 Å². The summed E-state index contributed by atoms with van der Waals surface area (Å²) >= 11 is 0. The molecule has 0 aliphatic heterocycles. The number of rotatable bonds is 3. The Balaban J connectivity index is 2.16. The topological polar surface area (TPSA) is 37.3 Å². The van der Waals surface area contributed by atoms with Crippen molar-refractivity contribution in [2.75, 3.05) is 0 Å². The van der Waals surface area contributed by atoms with Crippen molar-refractivity contribution in [3.8, 4) is 0 Å². The van der Waals surface area contributed by atoms with Crippen molar-refractivity contribution >= 4 is 5.97 Å². The zero-order chi connectivity index (χ0) is 13.5. The summed E-state index contributed by atoms with van der Waals surface area (Å²) in [5, 5.41) is 8.95. The second kappa shape index (κ2) is 4.42. The first-order chi connectivity index (χ1) is 8.29. The lowest BCUT2D eigenvalue weighted by Crippen LogP contribution is -2.12. The summed E-state index contributed by atoms with van der Waals surface area (Å²) in [6, 6.07) is 6.60. The number of aryl methyl sites for hydroxylation is 1. The van der Waals surface area contributed by atoms with E-state index in [-0.39, 0.29) is 11.3 Å². The van der Waals surface area contributed by atoms with Gasteiger partial charge in [-0.05, 0) is 47.8 Å². The molecular weight excluding hydrogens is 224 g/mol. The Labute approximate surface area is 109 Å². The third-order valence-electron chi connectivity index (χ3n) is 3.94.